The second-order valence-corrected chi connectivity index (χ2v) is 7.32. The summed E-state index contributed by atoms with van der Waals surface area (Å²) in [5.41, 5.74) is 0.201. The molecule has 0 spiro atoms. The first-order chi connectivity index (χ1) is 9.98. The van der Waals surface area contributed by atoms with Gasteiger partial charge in [-0.3, -0.25) is 0 Å². The van der Waals surface area contributed by atoms with E-state index in [1.807, 2.05) is 6.92 Å². The Bertz CT molecular complexity index is 583. The van der Waals surface area contributed by atoms with Crippen molar-refractivity contribution in [3.05, 3.63) is 29.6 Å². The molecule has 2 rings (SSSR count). The molecule has 6 heteroatoms. The van der Waals surface area contributed by atoms with Crippen LogP contribution in [-0.2, 0) is 10.0 Å². The van der Waals surface area contributed by atoms with Gasteiger partial charge in [0.15, 0.2) is 0 Å². The smallest absolute Gasteiger partial charge is 0.243 e. The van der Waals surface area contributed by atoms with Crippen molar-refractivity contribution in [1.82, 2.24) is 9.62 Å². The fourth-order valence-electron chi connectivity index (χ4n) is 2.81. The van der Waals surface area contributed by atoms with Crippen LogP contribution in [0.2, 0.25) is 0 Å². The number of nitrogens with one attached hydrogen (secondary N) is 1. The van der Waals surface area contributed by atoms with Crippen LogP contribution in [0.25, 0.3) is 0 Å². The highest BCUT2D eigenvalue weighted by atomic mass is 32.2. The highest BCUT2D eigenvalue weighted by molar-refractivity contribution is 7.89. The fraction of sp³-hybridized carbons (Fsp3) is 0.600. The molecular weight excluding hydrogens is 291 g/mol. The monoisotopic (exact) mass is 314 g/mol. The Balaban J connectivity index is 2.39. The van der Waals surface area contributed by atoms with E-state index in [-0.39, 0.29) is 16.5 Å². The molecule has 1 fully saturated rings. The van der Waals surface area contributed by atoms with E-state index in [0.717, 1.165) is 32.4 Å². The first-order valence-corrected chi connectivity index (χ1v) is 8.90. The molecule has 1 aliphatic rings. The first-order valence-electron chi connectivity index (χ1n) is 7.46. The molecule has 1 aliphatic heterocycles. The molecule has 21 heavy (non-hydrogen) atoms. The summed E-state index contributed by atoms with van der Waals surface area (Å²) in [7, 11) is -3.65. The molecule has 0 atom stereocenters. The third-order valence-corrected chi connectivity index (χ3v) is 6.06. The van der Waals surface area contributed by atoms with Crippen molar-refractivity contribution in [3.63, 3.8) is 0 Å². The molecular formula is C15H23FN2O2S. The molecule has 0 amide bonds. The molecule has 118 valence electrons. The van der Waals surface area contributed by atoms with Crippen LogP contribution in [0.5, 0.6) is 0 Å². The van der Waals surface area contributed by atoms with E-state index in [1.165, 1.54) is 25.1 Å². The number of benzene rings is 1. The maximum absolute atomic E-state index is 13.7. The summed E-state index contributed by atoms with van der Waals surface area (Å²) in [5.74, 6) is -0.474. The van der Waals surface area contributed by atoms with Crippen molar-refractivity contribution < 1.29 is 12.8 Å². The number of hydrogen-bond donors (Lipinski definition) is 1. The number of nitrogens with zero attached hydrogens (tertiary/aromatic N) is 1. The number of hydrogen-bond acceptors (Lipinski definition) is 3. The Morgan fingerprint density at radius 1 is 1.33 bits per heavy atom. The van der Waals surface area contributed by atoms with E-state index < -0.39 is 15.8 Å². The number of piperidine rings is 1. The van der Waals surface area contributed by atoms with Gasteiger partial charge in [-0.25, -0.2) is 12.8 Å². The number of halogens is 1. The highest BCUT2D eigenvalue weighted by Gasteiger charge is 2.32. The van der Waals surface area contributed by atoms with Gasteiger partial charge in [0.1, 0.15) is 5.82 Å². The minimum Gasteiger partial charge on any atom is -0.317 e. The van der Waals surface area contributed by atoms with E-state index in [9.17, 15) is 12.8 Å². The molecule has 1 N–H and O–H groups in total. The second-order valence-electron chi connectivity index (χ2n) is 5.46. The van der Waals surface area contributed by atoms with Gasteiger partial charge in [-0.15, -0.1) is 0 Å². The van der Waals surface area contributed by atoms with Crippen LogP contribution < -0.4 is 5.32 Å². The lowest BCUT2D eigenvalue weighted by Gasteiger charge is -2.34. The summed E-state index contributed by atoms with van der Waals surface area (Å²) < 4.78 is 41.1. The second kappa shape index (κ2) is 6.85. The minimum atomic E-state index is -3.65. The van der Waals surface area contributed by atoms with Crippen molar-refractivity contribution in [3.8, 4) is 0 Å². The van der Waals surface area contributed by atoms with Gasteiger partial charge in [-0.1, -0.05) is 13.0 Å². The summed E-state index contributed by atoms with van der Waals surface area (Å²) in [5, 5.41) is 3.24. The Morgan fingerprint density at radius 3 is 2.62 bits per heavy atom. The Kier molecular flexibility index (Phi) is 5.35. The standard InChI is InChI=1S/C15H23FN2O2S/c1-3-11-18(13-7-9-17-10-8-13)21(19,20)15-6-4-5-14(16)12(15)2/h4-6,13,17H,3,7-11H2,1-2H3. The predicted octanol–water partition coefficient (Wildman–Crippen LogP) is 2.29. The van der Waals surface area contributed by atoms with E-state index >= 15 is 0 Å². The normalized spacial score (nSPS) is 17.3. The van der Waals surface area contributed by atoms with Gasteiger partial charge in [-0.2, -0.15) is 4.31 Å². The van der Waals surface area contributed by atoms with Crippen LogP contribution in [0.1, 0.15) is 31.7 Å². The van der Waals surface area contributed by atoms with Gasteiger partial charge >= 0.3 is 0 Å². The van der Waals surface area contributed by atoms with E-state index in [4.69, 9.17) is 0 Å². The molecule has 1 heterocycles. The summed E-state index contributed by atoms with van der Waals surface area (Å²) in [6, 6.07) is 4.25. The maximum Gasteiger partial charge on any atom is 0.243 e. The first kappa shape index (κ1) is 16.4. The lowest BCUT2D eigenvalue weighted by molar-refractivity contribution is 0.262. The van der Waals surface area contributed by atoms with Gasteiger partial charge < -0.3 is 5.32 Å². The van der Waals surface area contributed by atoms with Gasteiger partial charge in [0.05, 0.1) is 4.90 Å². The van der Waals surface area contributed by atoms with E-state index in [0.29, 0.717) is 6.54 Å². The SMILES string of the molecule is CCCN(C1CCNCC1)S(=O)(=O)c1cccc(F)c1C. The Morgan fingerprint density at radius 2 is 2.00 bits per heavy atom. The molecule has 1 aromatic rings. The zero-order chi connectivity index (χ0) is 15.5. The largest absolute Gasteiger partial charge is 0.317 e. The third kappa shape index (κ3) is 3.44. The summed E-state index contributed by atoms with van der Waals surface area (Å²) in [6.45, 7) is 5.60. The third-order valence-electron chi connectivity index (χ3n) is 3.96. The van der Waals surface area contributed by atoms with E-state index in [1.54, 1.807) is 4.31 Å². The van der Waals surface area contributed by atoms with Gasteiger partial charge in [0.2, 0.25) is 10.0 Å². The van der Waals surface area contributed by atoms with Crippen LogP contribution >= 0.6 is 0 Å². The molecule has 1 aromatic carbocycles. The minimum absolute atomic E-state index is 0.00105. The topological polar surface area (TPSA) is 49.4 Å². The molecule has 0 aliphatic carbocycles. The quantitative estimate of drug-likeness (QED) is 0.907. The maximum atomic E-state index is 13.7. The van der Waals surface area contributed by atoms with Crippen LogP contribution in [-0.4, -0.2) is 38.4 Å². The van der Waals surface area contributed by atoms with Crippen LogP contribution in [0.15, 0.2) is 23.1 Å². The van der Waals surface area contributed by atoms with Crippen molar-refractivity contribution >= 4 is 10.0 Å². The van der Waals surface area contributed by atoms with Crippen molar-refractivity contribution in [2.75, 3.05) is 19.6 Å². The Hall–Kier alpha value is -0.980. The zero-order valence-corrected chi connectivity index (χ0v) is 13.4. The lowest BCUT2D eigenvalue weighted by Crippen LogP contribution is -2.46. The lowest BCUT2D eigenvalue weighted by atomic mass is 10.1. The fourth-order valence-corrected chi connectivity index (χ4v) is 4.82. The average molecular weight is 314 g/mol. The Labute approximate surface area is 126 Å². The molecule has 0 aromatic heterocycles. The van der Waals surface area contributed by atoms with Crippen LogP contribution in [0, 0.1) is 12.7 Å². The number of sulfonamides is 1. The summed E-state index contributed by atoms with van der Waals surface area (Å²) in [6.07, 6.45) is 2.35. The van der Waals surface area contributed by atoms with Gasteiger partial charge in [0, 0.05) is 18.2 Å². The van der Waals surface area contributed by atoms with Crippen LogP contribution in [0.3, 0.4) is 0 Å². The highest BCUT2D eigenvalue weighted by Crippen LogP contribution is 2.26. The van der Waals surface area contributed by atoms with Crippen molar-refractivity contribution in [1.29, 1.82) is 0 Å². The number of rotatable bonds is 5. The molecule has 1 saturated heterocycles. The summed E-state index contributed by atoms with van der Waals surface area (Å²) in [4.78, 5) is 0.0921. The summed E-state index contributed by atoms with van der Waals surface area (Å²) >= 11 is 0. The van der Waals surface area contributed by atoms with Crippen molar-refractivity contribution in [2.45, 2.75) is 44.0 Å². The molecule has 0 saturated carbocycles. The predicted molar refractivity (Wildman–Crippen MR) is 81.2 cm³/mol. The molecule has 4 nitrogen and oxygen atoms in total. The molecule has 0 radical (unpaired) electrons. The average Bonchev–Trinajstić information content (AvgIpc) is 2.48. The van der Waals surface area contributed by atoms with Crippen molar-refractivity contribution in [2.24, 2.45) is 0 Å². The van der Waals surface area contributed by atoms with Gasteiger partial charge in [0.25, 0.3) is 0 Å². The van der Waals surface area contributed by atoms with Crippen LogP contribution in [0.4, 0.5) is 4.39 Å². The zero-order valence-electron chi connectivity index (χ0n) is 12.6. The molecule has 0 unspecified atom stereocenters. The van der Waals surface area contributed by atoms with Gasteiger partial charge in [-0.05, 0) is 51.4 Å². The molecule has 0 bridgehead atoms. The van der Waals surface area contributed by atoms with E-state index in [2.05, 4.69) is 5.32 Å².